The maximum Gasteiger partial charge on any atom is 0.273 e. The van der Waals surface area contributed by atoms with Gasteiger partial charge in [0.2, 0.25) is 5.95 Å². The number of nitrogens with one attached hydrogen (secondary N) is 1. The van der Waals surface area contributed by atoms with E-state index in [0.29, 0.717) is 22.5 Å². The molecule has 2 heterocycles. The summed E-state index contributed by atoms with van der Waals surface area (Å²) in [5.41, 5.74) is 0.325. The predicted octanol–water partition coefficient (Wildman–Crippen LogP) is 1.06. The van der Waals surface area contributed by atoms with Gasteiger partial charge < -0.3 is 10.2 Å². The van der Waals surface area contributed by atoms with Crippen LogP contribution in [0.5, 0.6) is 0 Å². The van der Waals surface area contributed by atoms with Gasteiger partial charge in [-0.25, -0.2) is 9.67 Å². The molecule has 0 saturated heterocycles. The second kappa shape index (κ2) is 5.23. The van der Waals surface area contributed by atoms with Crippen LogP contribution in [0.1, 0.15) is 10.5 Å². The normalized spacial score (nSPS) is 10.3. The van der Waals surface area contributed by atoms with E-state index in [9.17, 15) is 4.79 Å². The highest BCUT2D eigenvalue weighted by atomic mass is 35.5. The lowest BCUT2D eigenvalue weighted by Gasteiger charge is -2.07. The lowest BCUT2D eigenvalue weighted by Crippen LogP contribution is -2.22. The first-order chi connectivity index (χ1) is 9.02. The minimum atomic E-state index is -0.183. The summed E-state index contributed by atoms with van der Waals surface area (Å²) >= 11 is 6.03. The van der Waals surface area contributed by atoms with Crippen LogP contribution in [-0.4, -0.2) is 51.7 Å². The maximum atomic E-state index is 11.8. The van der Waals surface area contributed by atoms with E-state index in [1.54, 1.807) is 33.4 Å². The van der Waals surface area contributed by atoms with Crippen molar-refractivity contribution in [3.8, 4) is 5.82 Å². The van der Waals surface area contributed by atoms with Crippen LogP contribution < -0.4 is 5.32 Å². The zero-order valence-corrected chi connectivity index (χ0v) is 11.5. The lowest BCUT2D eigenvalue weighted by atomic mass is 10.4. The molecule has 0 radical (unpaired) electrons. The molecular formula is C11H13ClN6O. The highest BCUT2D eigenvalue weighted by Gasteiger charge is 2.14. The first-order valence-electron chi connectivity index (χ1n) is 5.51. The summed E-state index contributed by atoms with van der Waals surface area (Å²) in [5, 5.41) is 7.33. The lowest BCUT2D eigenvalue weighted by molar-refractivity contribution is 0.0821. The van der Waals surface area contributed by atoms with Crippen LogP contribution in [0.4, 0.5) is 5.95 Å². The van der Waals surface area contributed by atoms with E-state index in [1.807, 2.05) is 0 Å². The highest BCUT2D eigenvalue weighted by Crippen LogP contribution is 2.18. The molecule has 2 aromatic rings. The van der Waals surface area contributed by atoms with Gasteiger partial charge in [-0.1, -0.05) is 11.6 Å². The van der Waals surface area contributed by atoms with Gasteiger partial charge in [-0.2, -0.15) is 10.1 Å². The molecule has 0 fully saturated rings. The molecule has 19 heavy (non-hydrogen) atoms. The van der Waals surface area contributed by atoms with Crippen LogP contribution in [0.15, 0.2) is 18.5 Å². The van der Waals surface area contributed by atoms with Crippen molar-refractivity contribution in [1.82, 2.24) is 24.6 Å². The van der Waals surface area contributed by atoms with Crippen molar-refractivity contribution in [1.29, 1.82) is 0 Å². The van der Waals surface area contributed by atoms with E-state index in [0.717, 1.165) is 0 Å². The molecule has 8 heteroatoms. The topological polar surface area (TPSA) is 75.9 Å². The highest BCUT2D eigenvalue weighted by molar-refractivity contribution is 6.32. The van der Waals surface area contributed by atoms with Crippen molar-refractivity contribution in [2.75, 3.05) is 26.5 Å². The first-order valence-corrected chi connectivity index (χ1v) is 5.88. The van der Waals surface area contributed by atoms with Gasteiger partial charge in [0, 0.05) is 27.3 Å². The third-order valence-corrected chi connectivity index (χ3v) is 2.65. The standard InChI is InChI=1S/C11H13ClN6O/c1-13-11-14-6-7(12)9(15-11)18-5-4-8(16-18)10(19)17(2)3/h4-6H,1-3H3,(H,13,14,15). The van der Waals surface area contributed by atoms with Crippen molar-refractivity contribution in [3.05, 3.63) is 29.2 Å². The number of hydrogen-bond acceptors (Lipinski definition) is 5. The molecular weight excluding hydrogens is 268 g/mol. The van der Waals surface area contributed by atoms with Crippen LogP contribution in [0.2, 0.25) is 5.02 Å². The van der Waals surface area contributed by atoms with E-state index < -0.39 is 0 Å². The summed E-state index contributed by atoms with van der Waals surface area (Å²) in [6.45, 7) is 0. The minimum Gasteiger partial charge on any atom is -0.357 e. The van der Waals surface area contributed by atoms with Crippen molar-refractivity contribution in [3.63, 3.8) is 0 Å². The molecule has 0 bridgehead atoms. The van der Waals surface area contributed by atoms with Crippen molar-refractivity contribution >= 4 is 23.5 Å². The summed E-state index contributed by atoms with van der Waals surface area (Å²) in [7, 11) is 5.04. The van der Waals surface area contributed by atoms with Crippen molar-refractivity contribution in [2.45, 2.75) is 0 Å². The molecule has 0 unspecified atom stereocenters. The molecule has 0 atom stereocenters. The SMILES string of the molecule is CNc1ncc(Cl)c(-n2ccc(C(=O)N(C)C)n2)n1. The third kappa shape index (κ3) is 2.65. The summed E-state index contributed by atoms with van der Waals surface area (Å²) in [5.74, 6) is 0.659. The summed E-state index contributed by atoms with van der Waals surface area (Å²) in [4.78, 5) is 21.4. The Hall–Kier alpha value is -2.15. The molecule has 0 aliphatic carbocycles. The first kappa shape index (κ1) is 13.3. The molecule has 0 spiro atoms. The number of hydrogen-bond donors (Lipinski definition) is 1. The number of nitrogens with zero attached hydrogens (tertiary/aromatic N) is 5. The number of carbonyl (C=O) groups excluding carboxylic acids is 1. The molecule has 7 nitrogen and oxygen atoms in total. The number of halogens is 1. The van der Waals surface area contributed by atoms with Gasteiger partial charge in [0.05, 0.1) is 6.20 Å². The number of anilines is 1. The Labute approximate surface area is 115 Å². The number of aromatic nitrogens is 4. The van der Waals surface area contributed by atoms with Gasteiger partial charge in [0.25, 0.3) is 5.91 Å². The average molecular weight is 281 g/mol. The molecule has 100 valence electrons. The molecule has 2 rings (SSSR count). The number of rotatable bonds is 3. The van der Waals surface area contributed by atoms with Crippen molar-refractivity contribution in [2.24, 2.45) is 0 Å². The van der Waals surface area contributed by atoms with E-state index in [2.05, 4.69) is 20.4 Å². The zero-order chi connectivity index (χ0) is 14.0. The average Bonchev–Trinajstić information content (AvgIpc) is 2.87. The van der Waals surface area contributed by atoms with E-state index >= 15 is 0 Å². The fraction of sp³-hybridized carbons (Fsp3) is 0.273. The Morgan fingerprint density at radius 3 is 2.84 bits per heavy atom. The minimum absolute atomic E-state index is 0.183. The van der Waals surface area contributed by atoms with Crippen LogP contribution in [0, 0.1) is 0 Å². The Morgan fingerprint density at radius 2 is 2.21 bits per heavy atom. The van der Waals surface area contributed by atoms with Gasteiger partial charge in [0.1, 0.15) is 5.02 Å². The zero-order valence-electron chi connectivity index (χ0n) is 10.8. The molecule has 0 aliphatic heterocycles. The largest absolute Gasteiger partial charge is 0.357 e. The van der Waals surface area contributed by atoms with Gasteiger partial charge in [-0.05, 0) is 6.07 Å². The molecule has 2 aromatic heterocycles. The predicted molar refractivity (Wildman–Crippen MR) is 71.7 cm³/mol. The summed E-state index contributed by atoms with van der Waals surface area (Å²) < 4.78 is 1.45. The maximum absolute atomic E-state index is 11.8. The second-order valence-electron chi connectivity index (χ2n) is 3.96. The molecule has 1 N–H and O–H groups in total. The second-order valence-corrected chi connectivity index (χ2v) is 4.37. The number of carbonyl (C=O) groups is 1. The number of amides is 1. The van der Waals surface area contributed by atoms with Crippen LogP contribution in [0.25, 0.3) is 5.82 Å². The van der Waals surface area contributed by atoms with Crippen LogP contribution >= 0.6 is 11.6 Å². The summed E-state index contributed by atoms with van der Waals surface area (Å²) in [6, 6.07) is 1.61. The fourth-order valence-corrected chi connectivity index (χ4v) is 1.60. The third-order valence-electron chi connectivity index (χ3n) is 2.38. The monoisotopic (exact) mass is 280 g/mol. The van der Waals surface area contributed by atoms with Gasteiger partial charge in [0.15, 0.2) is 11.5 Å². The Kier molecular flexibility index (Phi) is 3.66. The fourth-order valence-electron chi connectivity index (χ4n) is 1.42. The molecule has 0 aromatic carbocycles. The Balaban J connectivity index is 2.40. The van der Waals surface area contributed by atoms with Gasteiger partial charge in [-0.3, -0.25) is 4.79 Å². The van der Waals surface area contributed by atoms with E-state index in [1.165, 1.54) is 15.8 Å². The van der Waals surface area contributed by atoms with Crippen LogP contribution in [-0.2, 0) is 0 Å². The summed E-state index contributed by atoms with van der Waals surface area (Å²) in [6.07, 6.45) is 3.11. The van der Waals surface area contributed by atoms with Crippen molar-refractivity contribution < 1.29 is 4.79 Å². The Morgan fingerprint density at radius 1 is 1.47 bits per heavy atom. The smallest absolute Gasteiger partial charge is 0.273 e. The van der Waals surface area contributed by atoms with Gasteiger partial charge in [-0.15, -0.1) is 0 Å². The van der Waals surface area contributed by atoms with Gasteiger partial charge >= 0.3 is 0 Å². The van der Waals surface area contributed by atoms with E-state index in [4.69, 9.17) is 11.6 Å². The Bertz CT molecular complexity index is 609. The van der Waals surface area contributed by atoms with E-state index in [-0.39, 0.29) is 5.91 Å². The molecule has 1 amide bonds. The molecule has 0 aliphatic rings. The quantitative estimate of drug-likeness (QED) is 0.910. The molecule has 0 saturated carbocycles. The van der Waals surface area contributed by atoms with Crippen LogP contribution in [0.3, 0.4) is 0 Å².